The maximum Gasteiger partial charge on any atom is 0.335 e. The molecule has 3 atom stereocenters. The molecule has 0 spiro atoms. The Morgan fingerprint density at radius 2 is 2.06 bits per heavy atom. The normalized spacial score (nSPS) is 29.9. The van der Waals surface area contributed by atoms with Crippen molar-refractivity contribution in [2.24, 2.45) is 11.8 Å². The summed E-state index contributed by atoms with van der Waals surface area (Å²) in [7, 11) is 0. The van der Waals surface area contributed by atoms with E-state index in [1.807, 2.05) is 0 Å². The van der Waals surface area contributed by atoms with Gasteiger partial charge in [-0.2, -0.15) is 0 Å². The van der Waals surface area contributed by atoms with E-state index in [-0.39, 0.29) is 17.1 Å². The smallest absolute Gasteiger partial charge is 0.335 e. The van der Waals surface area contributed by atoms with Crippen LogP contribution in [-0.2, 0) is 19.1 Å². The van der Waals surface area contributed by atoms with Crippen LogP contribution in [0.5, 0.6) is 0 Å². The number of rotatable bonds is 4. The fourth-order valence-corrected chi connectivity index (χ4v) is 2.47. The van der Waals surface area contributed by atoms with Crippen molar-refractivity contribution < 1.29 is 29.3 Å². The van der Waals surface area contributed by atoms with Gasteiger partial charge in [-0.3, -0.25) is 0 Å². The first-order valence-corrected chi connectivity index (χ1v) is 5.70. The summed E-state index contributed by atoms with van der Waals surface area (Å²) in [6, 6.07) is 0. The van der Waals surface area contributed by atoms with E-state index in [0.717, 1.165) is 0 Å². The van der Waals surface area contributed by atoms with Gasteiger partial charge in [0.15, 0.2) is 0 Å². The van der Waals surface area contributed by atoms with E-state index in [2.05, 4.69) is 0 Å². The first kappa shape index (κ1) is 12.6. The zero-order valence-corrected chi connectivity index (χ0v) is 9.83. The molecule has 2 N–H and O–H groups in total. The van der Waals surface area contributed by atoms with Gasteiger partial charge in [-0.05, 0) is 13.3 Å². The molecule has 0 unspecified atom stereocenters. The average molecular weight is 254 g/mol. The highest BCUT2D eigenvalue weighted by Crippen LogP contribution is 2.43. The Kier molecular flexibility index (Phi) is 3.38. The second kappa shape index (κ2) is 4.81. The third kappa shape index (κ3) is 1.99. The molecule has 0 aromatic carbocycles. The molecule has 0 radical (unpaired) electrons. The first-order valence-electron chi connectivity index (χ1n) is 5.70. The molecule has 0 saturated carbocycles. The summed E-state index contributed by atoms with van der Waals surface area (Å²) in [4.78, 5) is 22.2. The van der Waals surface area contributed by atoms with Crippen molar-refractivity contribution in [2.75, 3.05) is 6.61 Å². The van der Waals surface area contributed by atoms with Crippen LogP contribution in [-0.4, -0.2) is 35.0 Å². The highest BCUT2D eigenvalue weighted by atomic mass is 16.7. The Hall–Kier alpha value is -1.82. The van der Waals surface area contributed by atoms with Crippen molar-refractivity contribution in [2.45, 2.75) is 19.6 Å². The van der Waals surface area contributed by atoms with Gasteiger partial charge in [0.05, 0.1) is 17.8 Å². The molecule has 98 valence electrons. The molecule has 0 aromatic rings. The minimum atomic E-state index is -1.08. The standard InChI is InChI=1S/C12H14O6/c1-2-17-12-9-6(3-4-7(9)10(13)14)8(5-18-12)11(15)16/h4-6,9,12H,2-3H2,1H3,(H,13,14)(H,15,16)/t6-,9+,12-/m1/s1. The molecule has 0 bridgehead atoms. The van der Waals surface area contributed by atoms with E-state index in [4.69, 9.17) is 19.7 Å². The number of carbonyl (C=O) groups is 2. The van der Waals surface area contributed by atoms with Crippen molar-refractivity contribution in [3.63, 3.8) is 0 Å². The van der Waals surface area contributed by atoms with Crippen LogP contribution in [0.2, 0.25) is 0 Å². The van der Waals surface area contributed by atoms with E-state index in [0.29, 0.717) is 13.0 Å². The number of ether oxygens (including phenoxy) is 2. The van der Waals surface area contributed by atoms with Crippen LogP contribution in [0.25, 0.3) is 0 Å². The number of aliphatic carboxylic acids is 2. The molecule has 1 aliphatic carbocycles. The van der Waals surface area contributed by atoms with Crippen molar-refractivity contribution in [1.29, 1.82) is 0 Å². The Labute approximate surface area is 104 Å². The predicted molar refractivity (Wildman–Crippen MR) is 59.5 cm³/mol. The summed E-state index contributed by atoms with van der Waals surface area (Å²) < 4.78 is 10.6. The SMILES string of the molecule is CCO[C@@H]1OC=C(C(=O)O)[C@H]2CC=C(C(=O)O)[C@@H]12. The van der Waals surface area contributed by atoms with Crippen LogP contribution in [0.3, 0.4) is 0 Å². The van der Waals surface area contributed by atoms with Gasteiger partial charge < -0.3 is 19.7 Å². The number of hydrogen-bond acceptors (Lipinski definition) is 4. The zero-order chi connectivity index (χ0) is 13.3. The van der Waals surface area contributed by atoms with Crippen LogP contribution in [0.1, 0.15) is 13.3 Å². The molecule has 1 heterocycles. The van der Waals surface area contributed by atoms with Crippen LogP contribution in [0, 0.1) is 11.8 Å². The van der Waals surface area contributed by atoms with E-state index in [1.165, 1.54) is 6.26 Å². The molecule has 2 rings (SSSR count). The van der Waals surface area contributed by atoms with Crippen LogP contribution < -0.4 is 0 Å². The maximum atomic E-state index is 11.1. The average Bonchev–Trinajstić information content (AvgIpc) is 2.74. The highest BCUT2D eigenvalue weighted by molar-refractivity contribution is 5.91. The van der Waals surface area contributed by atoms with Crippen LogP contribution in [0.4, 0.5) is 0 Å². The zero-order valence-electron chi connectivity index (χ0n) is 9.83. The monoisotopic (exact) mass is 254 g/mol. The van der Waals surface area contributed by atoms with E-state index >= 15 is 0 Å². The van der Waals surface area contributed by atoms with E-state index in [9.17, 15) is 9.59 Å². The molecule has 1 aliphatic heterocycles. The molecular formula is C12H14O6. The number of carboxylic acids is 2. The van der Waals surface area contributed by atoms with E-state index < -0.39 is 24.1 Å². The van der Waals surface area contributed by atoms with Gasteiger partial charge >= 0.3 is 11.9 Å². The summed E-state index contributed by atoms with van der Waals surface area (Å²) in [6.45, 7) is 2.14. The number of hydrogen-bond donors (Lipinski definition) is 2. The van der Waals surface area contributed by atoms with Gasteiger partial charge in [0.2, 0.25) is 6.29 Å². The van der Waals surface area contributed by atoms with Gasteiger partial charge in [0.25, 0.3) is 0 Å². The molecule has 0 fully saturated rings. The Morgan fingerprint density at radius 1 is 1.39 bits per heavy atom. The number of fused-ring (bicyclic) bond motifs is 1. The molecular weight excluding hydrogens is 240 g/mol. The summed E-state index contributed by atoms with van der Waals surface area (Å²) in [5.41, 5.74) is 0.272. The predicted octanol–water partition coefficient (Wildman–Crippen LogP) is 0.995. The van der Waals surface area contributed by atoms with Gasteiger partial charge in [-0.1, -0.05) is 6.08 Å². The van der Waals surface area contributed by atoms with Gasteiger partial charge in [-0.15, -0.1) is 0 Å². The quantitative estimate of drug-likeness (QED) is 0.777. The molecule has 0 amide bonds. The lowest BCUT2D eigenvalue weighted by Gasteiger charge is -2.33. The summed E-state index contributed by atoms with van der Waals surface area (Å²) in [5, 5.41) is 18.2. The summed E-state index contributed by atoms with van der Waals surface area (Å²) in [6.07, 6.45) is 2.38. The second-order valence-electron chi connectivity index (χ2n) is 4.17. The fraction of sp³-hybridized carbons (Fsp3) is 0.500. The fourth-order valence-electron chi connectivity index (χ4n) is 2.47. The number of carboxylic acid groups (broad SMARTS) is 2. The minimum absolute atomic E-state index is 0.100. The lowest BCUT2D eigenvalue weighted by Crippen LogP contribution is -2.38. The third-order valence-corrected chi connectivity index (χ3v) is 3.23. The Bertz CT molecular complexity index is 436. The lowest BCUT2D eigenvalue weighted by molar-refractivity contribution is -0.157. The molecule has 6 nitrogen and oxygen atoms in total. The molecule has 0 aromatic heterocycles. The first-order chi connectivity index (χ1) is 8.56. The van der Waals surface area contributed by atoms with Crippen molar-refractivity contribution in [3.05, 3.63) is 23.5 Å². The Balaban J connectivity index is 2.32. The third-order valence-electron chi connectivity index (χ3n) is 3.23. The maximum absolute atomic E-state index is 11.1. The molecule has 0 saturated heterocycles. The minimum Gasteiger partial charge on any atom is -0.478 e. The Morgan fingerprint density at radius 3 is 2.61 bits per heavy atom. The van der Waals surface area contributed by atoms with Crippen molar-refractivity contribution >= 4 is 11.9 Å². The molecule has 6 heteroatoms. The molecule has 18 heavy (non-hydrogen) atoms. The van der Waals surface area contributed by atoms with Crippen molar-refractivity contribution in [3.8, 4) is 0 Å². The van der Waals surface area contributed by atoms with Crippen molar-refractivity contribution in [1.82, 2.24) is 0 Å². The number of allylic oxidation sites excluding steroid dienone is 1. The highest BCUT2D eigenvalue weighted by Gasteiger charge is 2.46. The van der Waals surface area contributed by atoms with Gasteiger partial charge in [0.1, 0.15) is 0 Å². The summed E-state index contributed by atoms with van der Waals surface area (Å²) >= 11 is 0. The second-order valence-corrected chi connectivity index (χ2v) is 4.17. The van der Waals surface area contributed by atoms with Gasteiger partial charge in [0, 0.05) is 18.1 Å². The van der Waals surface area contributed by atoms with E-state index in [1.54, 1.807) is 13.0 Å². The summed E-state index contributed by atoms with van der Waals surface area (Å²) in [5.74, 6) is -3.08. The van der Waals surface area contributed by atoms with Crippen LogP contribution >= 0.6 is 0 Å². The molecule has 2 aliphatic rings. The lowest BCUT2D eigenvalue weighted by atomic mass is 9.83. The van der Waals surface area contributed by atoms with Gasteiger partial charge in [-0.25, -0.2) is 9.59 Å². The largest absolute Gasteiger partial charge is 0.478 e. The van der Waals surface area contributed by atoms with Crippen LogP contribution in [0.15, 0.2) is 23.5 Å². The topological polar surface area (TPSA) is 93.1 Å².